The predicted molar refractivity (Wildman–Crippen MR) is 45.5 cm³/mol. The molecule has 0 aliphatic carbocycles. The molecule has 3 heteroatoms. The van der Waals surface area contributed by atoms with Crippen molar-refractivity contribution in [1.29, 1.82) is 5.26 Å². The van der Waals surface area contributed by atoms with Gasteiger partial charge in [-0.15, -0.1) is 0 Å². The quantitative estimate of drug-likeness (QED) is 0.633. The number of fused-ring (bicyclic) bond motifs is 1. The van der Waals surface area contributed by atoms with Gasteiger partial charge in [0.1, 0.15) is 6.07 Å². The molecule has 58 valence electrons. The molecule has 2 aromatic rings. The van der Waals surface area contributed by atoms with Crippen LogP contribution in [-0.2, 0) is 0 Å². The summed E-state index contributed by atoms with van der Waals surface area (Å²) >= 11 is 0. The first-order valence-corrected chi connectivity index (χ1v) is 3.65. The molecule has 0 fully saturated rings. The normalized spacial score (nSPS) is 10.0. The second-order valence-electron chi connectivity index (χ2n) is 2.64. The van der Waals surface area contributed by atoms with Gasteiger partial charge < -0.3 is 4.98 Å². The molecule has 2 rings (SSSR count). The highest BCUT2D eigenvalue weighted by Gasteiger charge is 2.04. The van der Waals surface area contributed by atoms with Gasteiger partial charge in [-0.3, -0.25) is 4.98 Å². The first kappa shape index (κ1) is 6.86. The number of nitrogens with one attached hydrogen (secondary N) is 1. The van der Waals surface area contributed by atoms with E-state index in [9.17, 15) is 0 Å². The summed E-state index contributed by atoms with van der Waals surface area (Å²) in [4.78, 5) is 7.13. The molecule has 2 heterocycles. The van der Waals surface area contributed by atoms with Crippen LogP contribution in [0.15, 0.2) is 18.5 Å². The second-order valence-corrected chi connectivity index (χ2v) is 2.64. The first-order chi connectivity index (χ1) is 5.83. The fourth-order valence-corrected chi connectivity index (χ4v) is 1.25. The smallest absolute Gasteiger partial charge is 0.103 e. The average molecular weight is 157 g/mol. The summed E-state index contributed by atoms with van der Waals surface area (Å²) in [6.45, 7) is 1.83. The Morgan fingerprint density at radius 2 is 2.42 bits per heavy atom. The molecule has 0 aliphatic rings. The van der Waals surface area contributed by atoms with Crippen molar-refractivity contribution < 1.29 is 0 Å². The van der Waals surface area contributed by atoms with Gasteiger partial charge >= 0.3 is 0 Å². The fraction of sp³-hybridized carbons (Fsp3) is 0.111. The number of hydrogen-bond acceptors (Lipinski definition) is 2. The molecule has 12 heavy (non-hydrogen) atoms. The van der Waals surface area contributed by atoms with Gasteiger partial charge in [-0.2, -0.15) is 5.26 Å². The highest BCUT2D eigenvalue weighted by Crippen LogP contribution is 2.17. The van der Waals surface area contributed by atoms with Gasteiger partial charge in [-0.05, 0) is 13.0 Å². The Bertz CT molecular complexity index is 462. The lowest BCUT2D eigenvalue weighted by Gasteiger charge is -1.96. The van der Waals surface area contributed by atoms with Crippen molar-refractivity contribution in [1.82, 2.24) is 9.97 Å². The number of rotatable bonds is 0. The monoisotopic (exact) mass is 157 g/mol. The van der Waals surface area contributed by atoms with Crippen LogP contribution in [-0.4, -0.2) is 9.97 Å². The minimum absolute atomic E-state index is 0.637. The highest BCUT2D eigenvalue weighted by molar-refractivity contribution is 5.84. The number of pyridine rings is 1. The zero-order valence-electron chi connectivity index (χ0n) is 6.63. The Balaban J connectivity index is 2.94. The van der Waals surface area contributed by atoms with Crippen molar-refractivity contribution in [3.8, 4) is 6.07 Å². The summed E-state index contributed by atoms with van der Waals surface area (Å²) < 4.78 is 0. The molecule has 0 spiro atoms. The molecule has 0 unspecified atom stereocenters. The van der Waals surface area contributed by atoms with Gasteiger partial charge in [0.15, 0.2) is 0 Å². The molecule has 2 aromatic heterocycles. The van der Waals surface area contributed by atoms with E-state index in [0.29, 0.717) is 5.56 Å². The summed E-state index contributed by atoms with van der Waals surface area (Å²) in [5.41, 5.74) is 2.29. The Morgan fingerprint density at radius 1 is 1.58 bits per heavy atom. The largest absolute Gasteiger partial charge is 0.360 e. The van der Waals surface area contributed by atoms with Crippen LogP contribution < -0.4 is 0 Å². The maximum Gasteiger partial charge on any atom is 0.103 e. The van der Waals surface area contributed by atoms with E-state index in [4.69, 9.17) is 5.26 Å². The number of aromatic nitrogens is 2. The van der Waals surface area contributed by atoms with Crippen molar-refractivity contribution in [2.45, 2.75) is 6.92 Å². The molecule has 0 amide bonds. The van der Waals surface area contributed by atoms with Gasteiger partial charge in [0.25, 0.3) is 0 Å². The van der Waals surface area contributed by atoms with Gasteiger partial charge in [0.2, 0.25) is 0 Å². The molecule has 0 bridgehead atoms. The summed E-state index contributed by atoms with van der Waals surface area (Å²) in [7, 11) is 0. The van der Waals surface area contributed by atoms with Gasteiger partial charge in [-0.25, -0.2) is 0 Å². The third-order valence-corrected chi connectivity index (χ3v) is 1.90. The van der Waals surface area contributed by atoms with E-state index in [-0.39, 0.29) is 0 Å². The maximum absolute atomic E-state index is 8.82. The van der Waals surface area contributed by atoms with Crippen LogP contribution >= 0.6 is 0 Å². The highest BCUT2D eigenvalue weighted by atomic mass is 14.7. The third-order valence-electron chi connectivity index (χ3n) is 1.90. The Kier molecular flexibility index (Phi) is 1.34. The minimum atomic E-state index is 0.637. The van der Waals surface area contributed by atoms with E-state index in [1.54, 1.807) is 6.20 Å². The van der Waals surface area contributed by atoms with E-state index >= 15 is 0 Å². The molecule has 0 saturated carbocycles. The molecule has 0 aromatic carbocycles. The van der Waals surface area contributed by atoms with Crippen LogP contribution in [0.5, 0.6) is 0 Å². The summed E-state index contributed by atoms with van der Waals surface area (Å²) in [6, 6.07) is 4.04. The van der Waals surface area contributed by atoms with Gasteiger partial charge in [0, 0.05) is 17.8 Å². The van der Waals surface area contributed by atoms with E-state index in [1.807, 2.05) is 19.2 Å². The summed E-state index contributed by atoms with van der Waals surface area (Å²) in [5.74, 6) is 0. The molecule has 1 N–H and O–H groups in total. The van der Waals surface area contributed by atoms with Crippen LogP contribution in [0, 0.1) is 18.3 Å². The number of hydrogen-bond donors (Lipinski definition) is 1. The molecule has 0 aliphatic heterocycles. The van der Waals surface area contributed by atoms with E-state index in [1.165, 1.54) is 0 Å². The van der Waals surface area contributed by atoms with E-state index in [2.05, 4.69) is 16.0 Å². The molecular weight excluding hydrogens is 150 g/mol. The zero-order chi connectivity index (χ0) is 8.55. The molecule has 0 saturated heterocycles. The van der Waals surface area contributed by atoms with Crippen molar-refractivity contribution in [2.24, 2.45) is 0 Å². The van der Waals surface area contributed by atoms with E-state index < -0.39 is 0 Å². The molecule has 0 atom stereocenters. The van der Waals surface area contributed by atoms with Crippen molar-refractivity contribution in [3.05, 3.63) is 29.7 Å². The van der Waals surface area contributed by atoms with Crippen molar-refractivity contribution in [3.63, 3.8) is 0 Å². The Morgan fingerprint density at radius 3 is 3.17 bits per heavy atom. The summed E-state index contributed by atoms with van der Waals surface area (Å²) in [6.07, 6.45) is 3.58. The molecule has 0 radical (unpaired) electrons. The second kappa shape index (κ2) is 2.35. The van der Waals surface area contributed by atoms with Gasteiger partial charge in [0.05, 0.1) is 16.8 Å². The van der Waals surface area contributed by atoms with Crippen molar-refractivity contribution in [2.75, 3.05) is 0 Å². The third kappa shape index (κ3) is 0.785. The SMILES string of the molecule is Cc1ncc2cc[nH]c2c1C#N. The van der Waals surface area contributed by atoms with Crippen LogP contribution in [0.3, 0.4) is 0 Å². The summed E-state index contributed by atoms with van der Waals surface area (Å²) in [5, 5.41) is 9.81. The predicted octanol–water partition coefficient (Wildman–Crippen LogP) is 1.74. The topological polar surface area (TPSA) is 52.5 Å². The Labute approximate surface area is 69.7 Å². The Hall–Kier alpha value is -1.82. The van der Waals surface area contributed by atoms with Crippen LogP contribution in [0.2, 0.25) is 0 Å². The molecule has 3 nitrogen and oxygen atoms in total. The van der Waals surface area contributed by atoms with Crippen molar-refractivity contribution >= 4 is 10.9 Å². The number of H-pyrrole nitrogens is 1. The fourth-order valence-electron chi connectivity index (χ4n) is 1.25. The minimum Gasteiger partial charge on any atom is -0.360 e. The van der Waals surface area contributed by atoms with Gasteiger partial charge in [-0.1, -0.05) is 0 Å². The molecular formula is C9H7N3. The number of aryl methyl sites for hydroxylation is 1. The zero-order valence-corrected chi connectivity index (χ0v) is 6.63. The number of aromatic amines is 1. The first-order valence-electron chi connectivity index (χ1n) is 3.65. The van der Waals surface area contributed by atoms with Crippen LogP contribution in [0.1, 0.15) is 11.3 Å². The lowest BCUT2D eigenvalue weighted by Crippen LogP contribution is -1.87. The lowest BCUT2D eigenvalue weighted by molar-refractivity contribution is 1.20. The van der Waals surface area contributed by atoms with E-state index in [0.717, 1.165) is 16.6 Å². The number of nitriles is 1. The standard InChI is InChI=1S/C9H7N3/c1-6-8(4-10)9-7(5-12-6)2-3-11-9/h2-3,5,11H,1H3. The maximum atomic E-state index is 8.82. The van der Waals surface area contributed by atoms with Crippen LogP contribution in [0.25, 0.3) is 10.9 Å². The average Bonchev–Trinajstić information content (AvgIpc) is 2.52. The lowest BCUT2D eigenvalue weighted by atomic mass is 10.2. The number of nitrogens with zero attached hydrogens (tertiary/aromatic N) is 2. The van der Waals surface area contributed by atoms with Crippen LogP contribution in [0.4, 0.5) is 0 Å².